The number of hydrogen-bond acceptors (Lipinski definition) is 8. The van der Waals surface area contributed by atoms with Crippen molar-refractivity contribution in [2.24, 2.45) is 0 Å². The van der Waals surface area contributed by atoms with E-state index in [1.54, 1.807) is 19.9 Å². The van der Waals surface area contributed by atoms with Gasteiger partial charge in [0.15, 0.2) is 0 Å². The number of nitrogens with one attached hydrogen (secondary N) is 3. The summed E-state index contributed by atoms with van der Waals surface area (Å²) in [5, 5.41) is 16.5. The van der Waals surface area contributed by atoms with E-state index in [9.17, 15) is 26.7 Å². The fraction of sp³-hybridized carbons (Fsp3) is 0.583. The van der Waals surface area contributed by atoms with E-state index in [2.05, 4.69) is 25.3 Å². The highest BCUT2D eigenvalue weighted by Crippen LogP contribution is 2.38. The lowest BCUT2D eigenvalue weighted by molar-refractivity contribution is -0.137. The zero-order valence-electron chi connectivity index (χ0n) is 21.1. The number of anilines is 3. The van der Waals surface area contributed by atoms with E-state index in [0.717, 1.165) is 19.3 Å². The van der Waals surface area contributed by atoms with Gasteiger partial charge in [0.05, 0.1) is 10.5 Å². The van der Waals surface area contributed by atoms with Crippen LogP contribution in [0.1, 0.15) is 50.7 Å². The molecule has 2 fully saturated rings. The molecule has 1 atom stereocenters. The summed E-state index contributed by atoms with van der Waals surface area (Å²) >= 11 is 0. The van der Waals surface area contributed by atoms with Crippen LogP contribution in [0.3, 0.4) is 0 Å². The van der Waals surface area contributed by atoms with Gasteiger partial charge in [0, 0.05) is 30.5 Å². The predicted octanol–water partition coefficient (Wildman–Crippen LogP) is 3.32. The fourth-order valence-electron chi connectivity index (χ4n) is 4.80. The molecule has 13 heteroatoms. The van der Waals surface area contributed by atoms with Crippen molar-refractivity contribution in [3.05, 3.63) is 35.5 Å². The van der Waals surface area contributed by atoms with Gasteiger partial charge in [0.2, 0.25) is 16.0 Å². The summed E-state index contributed by atoms with van der Waals surface area (Å²) in [5.41, 5.74) is -1.63. The van der Waals surface area contributed by atoms with Gasteiger partial charge < -0.3 is 20.6 Å². The van der Waals surface area contributed by atoms with Crippen LogP contribution in [0.25, 0.3) is 0 Å². The maximum atomic E-state index is 13.7. The fourth-order valence-corrected chi connectivity index (χ4v) is 6.35. The number of halogens is 3. The van der Waals surface area contributed by atoms with Crippen molar-refractivity contribution in [2.45, 2.75) is 68.7 Å². The second-order valence-corrected chi connectivity index (χ2v) is 12.2. The van der Waals surface area contributed by atoms with E-state index < -0.39 is 32.9 Å². The Bertz CT molecular complexity index is 1250. The van der Waals surface area contributed by atoms with Crippen molar-refractivity contribution in [3.63, 3.8) is 0 Å². The average Bonchev–Trinajstić information content (AvgIpc) is 2.78. The molecule has 0 aliphatic carbocycles. The number of piperidine rings is 2. The Hall–Kier alpha value is -2.48. The number of aromatic nitrogens is 2. The highest BCUT2D eigenvalue weighted by molar-refractivity contribution is 7.89. The Morgan fingerprint density at radius 2 is 1.86 bits per heavy atom. The molecule has 0 bridgehead atoms. The molecule has 37 heavy (non-hydrogen) atoms. The summed E-state index contributed by atoms with van der Waals surface area (Å²) in [7, 11) is -3.78. The second-order valence-electron chi connectivity index (χ2n) is 10.5. The number of rotatable bonds is 6. The first-order chi connectivity index (χ1) is 17.2. The van der Waals surface area contributed by atoms with Crippen molar-refractivity contribution in [1.29, 1.82) is 0 Å². The van der Waals surface area contributed by atoms with Gasteiger partial charge in [-0.25, -0.2) is 18.1 Å². The quantitative estimate of drug-likeness (QED) is 0.439. The highest BCUT2D eigenvalue weighted by Gasteiger charge is 2.39. The topological polar surface area (TPSA) is 119 Å². The standard InChI is InChI=1S/C24H33F3N6O3S/c1-16-13-17(37(35,36)32-22(2)8-10-28-11-9-22)5-6-19(16)30-21-29-14-18(24(25,26)27)20(31-21)33-12-4-7-23(3,34)15-33/h5-6,13-14,28,32,34H,4,7-12,15H2,1-3H3,(H,29,30,31)/t23-/m0/s1. The summed E-state index contributed by atoms with van der Waals surface area (Å²) in [6.07, 6.45) is -1.58. The smallest absolute Gasteiger partial charge is 0.388 e. The maximum absolute atomic E-state index is 13.7. The predicted molar refractivity (Wildman–Crippen MR) is 134 cm³/mol. The first-order valence-corrected chi connectivity index (χ1v) is 13.7. The van der Waals surface area contributed by atoms with E-state index in [1.165, 1.54) is 17.0 Å². The van der Waals surface area contributed by atoms with Gasteiger partial charge in [-0.05, 0) is 83.3 Å². The van der Waals surface area contributed by atoms with E-state index in [1.807, 2.05) is 6.92 Å². The SMILES string of the molecule is Cc1cc(S(=O)(=O)NC2(C)CCNCC2)ccc1Nc1ncc(C(F)(F)F)c(N2CCC[C@](C)(O)C2)n1. The van der Waals surface area contributed by atoms with Crippen LogP contribution in [0.4, 0.5) is 30.6 Å². The van der Waals surface area contributed by atoms with E-state index in [4.69, 9.17) is 0 Å². The number of β-amino-alcohol motifs (C(OH)–C–C–N with tert-alkyl or cyclic N) is 1. The first kappa shape index (κ1) is 27.6. The number of nitrogens with zero attached hydrogens (tertiary/aromatic N) is 3. The van der Waals surface area contributed by atoms with Crippen molar-refractivity contribution >= 4 is 27.5 Å². The number of aryl methyl sites for hydroxylation is 1. The summed E-state index contributed by atoms with van der Waals surface area (Å²) in [5.74, 6) is -0.367. The minimum atomic E-state index is -4.67. The second kappa shape index (κ2) is 10.0. The van der Waals surface area contributed by atoms with Gasteiger partial charge in [-0.3, -0.25) is 0 Å². The lowest BCUT2D eigenvalue weighted by atomic mass is 9.92. The molecule has 2 saturated heterocycles. The molecule has 2 aromatic rings. The van der Waals surface area contributed by atoms with Gasteiger partial charge in [0.1, 0.15) is 11.4 Å². The van der Waals surface area contributed by atoms with Gasteiger partial charge in [0.25, 0.3) is 0 Å². The summed E-state index contributed by atoms with van der Waals surface area (Å²) in [6.45, 7) is 6.96. The molecule has 1 aromatic carbocycles. The summed E-state index contributed by atoms with van der Waals surface area (Å²) in [4.78, 5) is 9.54. The highest BCUT2D eigenvalue weighted by atomic mass is 32.2. The van der Waals surface area contributed by atoms with Crippen LogP contribution in [-0.4, -0.2) is 60.8 Å². The van der Waals surface area contributed by atoms with Crippen molar-refractivity contribution in [1.82, 2.24) is 20.0 Å². The van der Waals surface area contributed by atoms with Crippen LogP contribution in [-0.2, 0) is 16.2 Å². The monoisotopic (exact) mass is 542 g/mol. The van der Waals surface area contributed by atoms with E-state index in [-0.39, 0.29) is 23.2 Å². The number of alkyl halides is 3. The van der Waals surface area contributed by atoms with Crippen molar-refractivity contribution in [2.75, 3.05) is 36.4 Å². The van der Waals surface area contributed by atoms with Crippen LogP contribution >= 0.6 is 0 Å². The molecule has 1 aromatic heterocycles. The maximum Gasteiger partial charge on any atom is 0.421 e. The minimum absolute atomic E-state index is 0.0140. The Kier molecular flexibility index (Phi) is 7.45. The van der Waals surface area contributed by atoms with Gasteiger partial charge >= 0.3 is 6.18 Å². The zero-order valence-corrected chi connectivity index (χ0v) is 21.9. The molecule has 0 amide bonds. The molecule has 4 N–H and O–H groups in total. The minimum Gasteiger partial charge on any atom is -0.388 e. The summed E-state index contributed by atoms with van der Waals surface area (Å²) < 4.78 is 70.0. The molecule has 9 nitrogen and oxygen atoms in total. The van der Waals surface area contributed by atoms with E-state index >= 15 is 0 Å². The number of benzene rings is 1. The summed E-state index contributed by atoms with van der Waals surface area (Å²) in [6, 6.07) is 4.48. The molecule has 0 radical (unpaired) electrons. The zero-order chi connectivity index (χ0) is 27.1. The Morgan fingerprint density at radius 1 is 1.16 bits per heavy atom. The number of sulfonamides is 1. The molecule has 2 aliphatic heterocycles. The van der Waals surface area contributed by atoms with Crippen LogP contribution in [0.5, 0.6) is 0 Å². The normalized spacial score (nSPS) is 22.6. The van der Waals surface area contributed by atoms with Crippen LogP contribution in [0.15, 0.2) is 29.3 Å². The molecule has 4 rings (SSSR count). The third kappa shape index (κ3) is 6.51. The molecule has 204 valence electrons. The molecule has 3 heterocycles. The van der Waals surface area contributed by atoms with Gasteiger partial charge in [-0.2, -0.15) is 18.2 Å². The molecular weight excluding hydrogens is 509 g/mol. The van der Waals surface area contributed by atoms with Crippen LogP contribution in [0.2, 0.25) is 0 Å². The largest absolute Gasteiger partial charge is 0.421 e. The Labute approximate surface area is 214 Å². The molecule has 2 aliphatic rings. The third-order valence-corrected chi connectivity index (χ3v) is 8.53. The van der Waals surface area contributed by atoms with Crippen molar-refractivity contribution in [3.8, 4) is 0 Å². The molecule has 0 saturated carbocycles. The van der Waals surface area contributed by atoms with Crippen LogP contribution in [0, 0.1) is 6.92 Å². The number of hydrogen-bond donors (Lipinski definition) is 4. The van der Waals surface area contributed by atoms with Crippen LogP contribution < -0.4 is 20.3 Å². The average molecular weight is 543 g/mol. The first-order valence-electron chi connectivity index (χ1n) is 12.2. The van der Waals surface area contributed by atoms with Gasteiger partial charge in [-0.15, -0.1) is 0 Å². The van der Waals surface area contributed by atoms with E-state index in [0.29, 0.717) is 43.5 Å². The molecule has 0 spiro atoms. The Balaban J connectivity index is 1.58. The van der Waals surface area contributed by atoms with Crippen molar-refractivity contribution < 1.29 is 26.7 Å². The molecular formula is C24H33F3N6O3S. The Morgan fingerprint density at radius 3 is 2.49 bits per heavy atom. The number of aliphatic hydroxyl groups is 1. The third-order valence-electron chi connectivity index (χ3n) is 6.89. The lowest BCUT2D eigenvalue weighted by Crippen LogP contribution is -2.52. The lowest BCUT2D eigenvalue weighted by Gasteiger charge is -2.38. The van der Waals surface area contributed by atoms with Gasteiger partial charge in [-0.1, -0.05) is 0 Å². The molecule has 0 unspecified atom stereocenters.